The molecular weight excluding hydrogens is 294 g/mol. The summed E-state index contributed by atoms with van der Waals surface area (Å²) < 4.78 is 10.5. The van der Waals surface area contributed by atoms with Crippen molar-refractivity contribution in [3.05, 3.63) is 42.0 Å². The van der Waals surface area contributed by atoms with Crippen LogP contribution in [0.4, 0.5) is 0 Å². The highest BCUT2D eigenvalue weighted by atomic mass is 16.5. The summed E-state index contributed by atoms with van der Waals surface area (Å²) in [6.45, 7) is 8.24. The summed E-state index contributed by atoms with van der Waals surface area (Å²) >= 11 is 0. The van der Waals surface area contributed by atoms with Gasteiger partial charge in [-0.1, -0.05) is 26.0 Å². The zero-order valence-electron chi connectivity index (χ0n) is 14.2. The van der Waals surface area contributed by atoms with E-state index >= 15 is 0 Å². The number of rotatable bonds is 8. The summed E-state index contributed by atoms with van der Waals surface area (Å²) in [6.07, 6.45) is 3.54. The summed E-state index contributed by atoms with van der Waals surface area (Å²) in [5.74, 6) is -0.109. The van der Waals surface area contributed by atoms with E-state index < -0.39 is 12.0 Å². The largest absolute Gasteiger partial charge is 0.494 e. The van der Waals surface area contributed by atoms with Crippen molar-refractivity contribution in [3.8, 4) is 5.75 Å². The van der Waals surface area contributed by atoms with E-state index in [0.29, 0.717) is 17.9 Å². The highest BCUT2D eigenvalue weighted by molar-refractivity contribution is 5.96. The van der Waals surface area contributed by atoms with E-state index in [2.05, 4.69) is 5.32 Å². The van der Waals surface area contributed by atoms with E-state index in [0.717, 1.165) is 0 Å². The summed E-state index contributed by atoms with van der Waals surface area (Å²) in [7, 11) is 0. The van der Waals surface area contributed by atoms with Crippen LogP contribution in [-0.4, -0.2) is 31.1 Å². The lowest BCUT2D eigenvalue weighted by molar-refractivity contribution is -0.145. The van der Waals surface area contributed by atoms with Gasteiger partial charge in [-0.3, -0.25) is 4.79 Å². The number of carbonyl (C=O) groups excluding carboxylic acids is 2. The number of ether oxygens (including phenoxy) is 2. The molecule has 0 aliphatic heterocycles. The molecule has 5 heteroatoms. The Kier molecular flexibility index (Phi) is 7.88. The summed E-state index contributed by atoms with van der Waals surface area (Å²) in [5, 5.41) is 2.73. The van der Waals surface area contributed by atoms with Gasteiger partial charge in [-0.05, 0) is 44.0 Å². The zero-order valence-corrected chi connectivity index (χ0v) is 14.2. The Morgan fingerprint density at radius 1 is 1.22 bits per heavy atom. The lowest BCUT2D eigenvalue weighted by Gasteiger charge is -2.20. The molecule has 1 atom stereocenters. The lowest BCUT2D eigenvalue weighted by atomic mass is 10.0. The van der Waals surface area contributed by atoms with Crippen molar-refractivity contribution in [3.63, 3.8) is 0 Å². The van der Waals surface area contributed by atoms with Crippen LogP contribution in [0.25, 0.3) is 0 Å². The first kappa shape index (κ1) is 18.7. The van der Waals surface area contributed by atoms with Gasteiger partial charge in [0.2, 0.25) is 0 Å². The predicted octanol–water partition coefficient (Wildman–Crippen LogP) is 2.96. The van der Waals surface area contributed by atoms with Crippen LogP contribution in [0.2, 0.25) is 0 Å². The topological polar surface area (TPSA) is 64.6 Å². The summed E-state index contributed by atoms with van der Waals surface area (Å²) in [6, 6.07) is 6.12. The monoisotopic (exact) mass is 319 g/mol. The second kappa shape index (κ2) is 9.66. The van der Waals surface area contributed by atoms with Crippen molar-refractivity contribution >= 4 is 11.9 Å². The number of allylic oxidation sites excluding steroid dienone is 1. The van der Waals surface area contributed by atoms with E-state index in [9.17, 15) is 9.59 Å². The van der Waals surface area contributed by atoms with Crippen molar-refractivity contribution in [2.45, 2.75) is 33.7 Å². The number of carbonyl (C=O) groups is 2. The van der Waals surface area contributed by atoms with Crippen LogP contribution in [0, 0.1) is 5.92 Å². The second-order valence-electron chi connectivity index (χ2n) is 5.35. The van der Waals surface area contributed by atoms with E-state index in [1.807, 2.05) is 27.7 Å². The third-order valence-electron chi connectivity index (χ3n) is 3.19. The Labute approximate surface area is 137 Å². The molecule has 1 aromatic rings. The maximum atomic E-state index is 12.3. The first-order valence-corrected chi connectivity index (χ1v) is 7.81. The van der Waals surface area contributed by atoms with Gasteiger partial charge >= 0.3 is 5.97 Å². The van der Waals surface area contributed by atoms with Gasteiger partial charge in [0.05, 0.1) is 6.61 Å². The second-order valence-corrected chi connectivity index (χ2v) is 5.35. The maximum Gasteiger partial charge on any atom is 0.329 e. The quantitative estimate of drug-likeness (QED) is 0.591. The van der Waals surface area contributed by atoms with Crippen LogP contribution >= 0.6 is 0 Å². The number of benzene rings is 1. The van der Waals surface area contributed by atoms with Crippen LogP contribution < -0.4 is 10.1 Å². The minimum Gasteiger partial charge on any atom is -0.494 e. The van der Waals surface area contributed by atoms with Crippen LogP contribution in [0.3, 0.4) is 0 Å². The van der Waals surface area contributed by atoms with E-state index in [1.165, 1.54) is 0 Å². The molecule has 0 heterocycles. The fourth-order valence-electron chi connectivity index (χ4n) is 1.91. The average Bonchev–Trinajstić information content (AvgIpc) is 2.53. The van der Waals surface area contributed by atoms with Crippen LogP contribution in [0.5, 0.6) is 5.75 Å². The Bertz CT molecular complexity index is 534. The molecule has 0 fully saturated rings. The molecule has 0 aliphatic carbocycles. The lowest BCUT2D eigenvalue weighted by Crippen LogP contribution is -2.45. The number of esters is 1. The minimum atomic E-state index is -0.681. The van der Waals surface area contributed by atoms with Gasteiger partial charge in [0, 0.05) is 5.56 Å². The van der Waals surface area contributed by atoms with Gasteiger partial charge < -0.3 is 14.8 Å². The Balaban J connectivity index is 2.71. The third-order valence-corrected chi connectivity index (χ3v) is 3.19. The molecule has 126 valence electrons. The van der Waals surface area contributed by atoms with E-state index in [1.54, 1.807) is 36.4 Å². The molecule has 0 spiro atoms. The highest BCUT2D eigenvalue weighted by Crippen LogP contribution is 2.13. The fraction of sp³-hybridized carbons (Fsp3) is 0.444. The van der Waals surface area contributed by atoms with Crippen LogP contribution in [0.1, 0.15) is 38.1 Å². The molecule has 1 N–H and O–H groups in total. The smallest absolute Gasteiger partial charge is 0.329 e. The molecule has 1 aromatic carbocycles. The first-order valence-electron chi connectivity index (χ1n) is 7.81. The van der Waals surface area contributed by atoms with Crippen molar-refractivity contribution in [1.29, 1.82) is 0 Å². The standard InChI is InChI=1S/C18H25NO4/c1-5-7-12-23-18(21)16(13(3)4)19-17(20)14-8-10-15(11-9-14)22-6-2/h5,7-11,13,16H,6,12H2,1-4H3,(H,19,20)/b7-5+/t16-/m0/s1. The molecule has 0 aromatic heterocycles. The molecule has 5 nitrogen and oxygen atoms in total. The zero-order chi connectivity index (χ0) is 17.2. The molecule has 0 bridgehead atoms. The van der Waals surface area contributed by atoms with Gasteiger partial charge in [-0.2, -0.15) is 0 Å². The van der Waals surface area contributed by atoms with E-state index in [-0.39, 0.29) is 18.4 Å². The molecule has 0 radical (unpaired) electrons. The van der Waals surface area contributed by atoms with Gasteiger partial charge in [0.25, 0.3) is 5.91 Å². The average molecular weight is 319 g/mol. The summed E-state index contributed by atoms with van der Waals surface area (Å²) in [4.78, 5) is 24.4. The Morgan fingerprint density at radius 2 is 1.87 bits per heavy atom. The Morgan fingerprint density at radius 3 is 2.39 bits per heavy atom. The summed E-state index contributed by atoms with van der Waals surface area (Å²) in [5.41, 5.74) is 0.473. The Hall–Kier alpha value is -2.30. The van der Waals surface area contributed by atoms with Crippen molar-refractivity contribution < 1.29 is 19.1 Å². The first-order chi connectivity index (χ1) is 11.0. The molecule has 1 rings (SSSR count). The molecule has 0 aliphatic rings. The molecular formula is C18H25NO4. The number of hydrogen-bond donors (Lipinski definition) is 1. The maximum absolute atomic E-state index is 12.3. The minimum absolute atomic E-state index is 0.0697. The molecule has 0 saturated heterocycles. The van der Waals surface area contributed by atoms with Crippen molar-refractivity contribution in [2.24, 2.45) is 5.92 Å². The predicted molar refractivity (Wildman–Crippen MR) is 89.5 cm³/mol. The van der Waals surface area contributed by atoms with Crippen LogP contribution in [-0.2, 0) is 9.53 Å². The fourth-order valence-corrected chi connectivity index (χ4v) is 1.91. The van der Waals surface area contributed by atoms with Crippen molar-refractivity contribution in [1.82, 2.24) is 5.32 Å². The van der Waals surface area contributed by atoms with Crippen molar-refractivity contribution in [2.75, 3.05) is 13.2 Å². The molecule has 23 heavy (non-hydrogen) atoms. The highest BCUT2D eigenvalue weighted by Gasteiger charge is 2.25. The molecule has 0 unspecified atom stereocenters. The number of nitrogens with one attached hydrogen (secondary N) is 1. The SMILES string of the molecule is C/C=C/COC(=O)[C@@H](NC(=O)c1ccc(OCC)cc1)C(C)C. The van der Waals surface area contributed by atoms with Crippen LogP contribution in [0.15, 0.2) is 36.4 Å². The third kappa shape index (κ3) is 6.14. The van der Waals surface area contributed by atoms with Gasteiger partial charge in [0.15, 0.2) is 0 Å². The van der Waals surface area contributed by atoms with Gasteiger partial charge in [-0.25, -0.2) is 4.79 Å². The number of amides is 1. The normalized spacial score (nSPS) is 12.2. The molecule has 0 saturated carbocycles. The molecule has 1 amide bonds. The van der Waals surface area contributed by atoms with E-state index in [4.69, 9.17) is 9.47 Å². The number of hydrogen-bond acceptors (Lipinski definition) is 4. The van der Waals surface area contributed by atoms with Gasteiger partial charge in [-0.15, -0.1) is 0 Å². The van der Waals surface area contributed by atoms with Gasteiger partial charge in [0.1, 0.15) is 18.4 Å².